The number of nitrogens with one attached hydrogen (secondary N) is 1. The Morgan fingerprint density at radius 3 is 2.85 bits per heavy atom. The third-order valence-electron chi connectivity index (χ3n) is 4.12. The molecule has 0 radical (unpaired) electrons. The number of rotatable bonds is 3. The van der Waals surface area contributed by atoms with Gasteiger partial charge in [0.25, 0.3) is 5.56 Å². The second kappa shape index (κ2) is 6.88. The lowest BCUT2D eigenvalue weighted by molar-refractivity contribution is 0.835. The molecule has 27 heavy (non-hydrogen) atoms. The van der Waals surface area contributed by atoms with E-state index in [1.165, 1.54) is 16.0 Å². The van der Waals surface area contributed by atoms with E-state index < -0.39 is 0 Å². The highest BCUT2D eigenvalue weighted by Crippen LogP contribution is 2.28. The monoisotopic (exact) mass is 392 g/mol. The van der Waals surface area contributed by atoms with Crippen LogP contribution in [-0.4, -0.2) is 14.8 Å². The molecule has 7 heteroatoms. The number of thiazole rings is 1. The van der Waals surface area contributed by atoms with Crippen molar-refractivity contribution in [3.63, 3.8) is 0 Å². The SMILES string of the molecule is Cc1[nH]n(-c2cccc(Cl)c2)c(=O)c1C=C(C#N)c1nc2ccccc2s1. The molecule has 0 bridgehead atoms. The second-order valence-corrected chi connectivity index (χ2v) is 7.39. The van der Waals surface area contributed by atoms with Crippen molar-refractivity contribution in [3.05, 3.63) is 80.2 Å². The van der Waals surface area contributed by atoms with Gasteiger partial charge < -0.3 is 0 Å². The fourth-order valence-electron chi connectivity index (χ4n) is 2.80. The molecular weight excluding hydrogens is 380 g/mol. The molecule has 0 aliphatic heterocycles. The number of hydrogen-bond donors (Lipinski definition) is 1. The van der Waals surface area contributed by atoms with E-state index in [4.69, 9.17) is 11.6 Å². The van der Waals surface area contributed by atoms with E-state index >= 15 is 0 Å². The molecule has 4 rings (SSSR count). The van der Waals surface area contributed by atoms with Crippen molar-refractivity contribution in [2.24, 2.45) is 0 Å². The highest BCUT2D eigenvalue weighted by molar-refractivity contribution is 7.19. The molecule has 0 saturated heterocycles. The van der Waals surface area contributed by atoms with Crippen LogP contribution in [0.3, 0.4) is 0 Å². The fraction of sp³-hybridized carbons (Fsp3) is 0.0500. The number of benzene rings is 2. The van der Waals surface area contributed by atoms with Gasteiger partial charge in [0.15, 0.2) is 0 Å². The molecule has 1 N–H and O–H groups in total. The van der Waals surface area contributed by atoms with E-state index in [0.29, 0.717) is 32.5 Å². The van der Waals surface area contributed by atoms with Gasteiger partial charge in [-0.1, -0.05) is 29.8 Å². The summed E-state index contributed by atoms with van der Waals surface area (Å²) in [6.07, 6.45) is 1.59. The molecule has 2 aromatic heterocycles. The third-order valence-corrected chi connectivity index (χ3v) is 5.42. The number of aryl methyl sites for hydroxylation is 1. The highest BCUT2D eigenvalue weighted by Gasteiger charge is 2.14. The maximum atomic E-state index is 12.9. The average Bonchev–Trinajstić information content (AvgIpc) is 3.21. The van der Waals surface area contributed by atoms with Crippen LogP contribution in [0.15, 0.2) is 53.3 Å². The molecule has 5 nitrogen and oxygen atoms in total. The van der Waals surface area contributed by atoms with E-state index in [1.54, 1.807) is 37.3 Å². The molecule has 132 valence electrons. The molecule has 0 amide bonds. The van der Waals surface area contributed by atoms with Gasteiger partial charge in [0.1, 0.15) is 11.1 Å². The number of aromatic amines is 1. The van der Waals surface area contributed by atoms with Crippen LogP contribution in [0.4, 0.5) is 0 Å². The van der Waals surface area contributed by atoms with Crippen LogP contribution in [0, 0.1) is 18.3 Å². The summed E-state index contributed by atoms with van der Waals surface area (Å²) >= 11 is 7.46. The van der Waals surface area contributed by atoms with Crippen molar-refractivity contribution in [2.75, 3.05) is 0 Å². The molecule has 0 aliphatic rings. The third kappa shape index (κ3) is 3.19. The molecule has 2 aromatic carbocycles. The van der Waals surface area contributed by atoms with Gasteiger partial charge in [0.2, 0.25) is 0 Å². The van der Waals surface area contributed by atoms with E-state index in [-0.39, 0.29) is 5.56 Å². The number of halogens is 1. The Hall–Kier alpha value is -3.14. The van der Waals surface area contributed by atoms with Crippen LogP contribution < -0.4 is 5.56 Å². The predicted molar refractivity (Wildman–Crippen MR) is 109 cm³/mol. The lowest BCUT2D eigenvalue weighted by atomic mass is 10.1. The van der Waals surface area contributed by atoms with Crippen molar-refractivity contribution < 1.29 is 0 Å². The molecule has 2 heterocycles. The number of H-pyrrole nitrogens is 1. The zero-order valence-corrected chi connectivity index (χ0v) is 15.8. The summed E-state index contributed by atoms with van der Waals surface area (Å²) in [6, 6.07) is 16.9. The van der Waals surface area contributed by atoms with Crippen LogP contribution in [0.25, 0.3) is 27.6 Å². The van der Waals surface area contributed by atoms with Crippen LogP contribution >= 0.6 is 22.9 Å². The summed E-state index contributed by atoms with van der Waals surface area (Å²) in [5.74, 6) is 0. The molecule has 0 saturated carbocycles. The van der Waals surface area contributed by atoms with Gasteiger partial charge in [-0.3, -0.25) is 9.89 Å². The smallest absolute Gasteiger partial charge is 0.278 e. The topological polar surface area (TPSA) is 74.5 Å². The van der Waals surface area contributed by atoms with Crippen molar-refractivity contribution >= 4 is 44.8 Å². The standard InChI is InChI=1S/C20H13ClN4OS/c1-12-16(20(26)25(24-12)15-6-4-5-14(21)10-15)9-13(11-22)19-23-17-7-2-3-8-18(17)27-19/h2-10,24H,1H3. The number of nitriles is 1. The Labute approximate surface area is 163 Å². The number of para-hydroxylation sites is 1. The van der Waals surface area contributed by atoms with Crippen molar-refractivity contribution in [3.8, 4) is 11.8 Å². The minimum atomic E-state index is -0.247. The first kappa shape index (κ1) is 17.3. The number of nitrogens with zero attached hydrogens (tertiary/aromatic N) is 3. The van der Waals surface area contributed by atoms with Crippen LogP contribution in [0.1, 0.15) is 16.3 Å². The van der Waals surface area contributed by atoms with Gasteiger partial charge in [-0.15, -0.1) is 11.3 Å². The van der Waals surface area contributed by atoms with Crippen molar-refractivity contribution in [2.45, 2.75) is 6.92 Å². The van der Waals surface area contributed by atoms with Gasteiger partial charge in [-0.2, -0.15) is 5.26 Å². The largest absolute Gasteiger partial charge is 0.295 e. The minimum Gasteiger partial charge on any atom is -0.295 e. The maximum absolute atomic E-state index is 12.9. The number of allylic oxidation sites excluding steroid dienone is 1. The zero-order valence-electron chi connectivity index (χ0n) is 14.2. The van der Waals surface area contributed by atoms with Gasteiger partial charge in [0, 0.05) is 10.7 Å². The van der Waals surface area contributed by atoms with E-state index in [1.807, 2.05) is 24.3 Å². The summed E-state index contributed by atoms with van der Waals surface area (Å²) in [7, 11) is 0. The first-order valence-electron chi connectivity index (χ1n) is 8.12. The van der Waals surface area contributed by atoms with Crippen molar-refractivity contribution in [1.29, 1.82) is 5.26 Å². The Morgan fingerprint density at radius 2 is 2.11 bits per heavy atom. The Kier molecular flexibility index (Phi) is 4.40. The first-order chi connectivity index (χ1) is 13.1. The lowest BCUT2D eigenvalue weighted by Gasteiger charge is -2.01. The summed E-state index contributed by atoms with van der Waals surface area (Å²) in [5.41, 5.74) is 2.66. The molecule has 0 atom stereocenters. The number of aromatic nitrogens is 3. The summed E-state index contributed by atoms with van der Waals surface area (Å²) in [6.45, 7) is 1.79. The summed E-state index contributed by atoms with van der Waals surface area (Å²) < 4.78 is 2.41. The number of fused-ring (bicyclic) bond motifs is 1. The van der Waals surface area contributed by atoms with E-state index in [9.17, 15) is 10.1 Å². The van der Waals surface area contributed by atoms with Crippen LogP contribution in [-0.2, 0) is 0 Å². The molecular formula is C20H13ClN4OS. The fourth-order valence-corrected chi connectivity index (χ4v) is 3.92. The quantitative estimate of drug-likeness (QED) is 0.509. The predicted octanol–water partition coefficient (Wildman–Crippen LogP) is 4.80. The first-order valence-corrected chi connectivity index (χ1v) is 9.31. The van der Waals surface area contributed by atoms with Gasteiger partial charge in [-0.05, 0) is 43.3 Å². The normalized spacial score (nSPS) is 11.7. The van der Waals surface area contributed by atoms with Gasteiger partial charge >= 0.3 is 0 Å². The van der Waals surface area contributed by atoms with Crippen LogP contribution in [0.5, 0.6) is 0 Å². The Morgan fingerprint density at radius 1 is 1.30 bits per heavy atom. The summed E-state index contributed by atoms with van der Waals surface area (Å²) in [4.78, 5) is 17.4. The van der Waals surface area contributed by atoms with Gasteiger partial charge in [0.05, 0.1) is 27.0 Å². The summed E-state index contributed by atoms with van der Waals surface area (Å²) in [5, 5.41) is 13.8. The highest BCUT2D eigenvalue weighted by atomic mass is 35.5. The van der Waals surface area contributed by atoms with Crippen LogP contribution in [0.2, 0.25) is 5.02 Å². The molecule has 0 fully saturated rings. The number of hydrogen-bond acceptors (Lipinski definition) is 4. The van der Waals surface area contributed by atoms with Gasteiger partial charge in [-0.25, -0.2) is 9.67 Å². The Balaban J connectivity index is 1.83. The average molecular weight is 393 g/mol. The molecule has 0 spiro atoms. The van der Waals surface area contributed by atoms with E-state index in [0.717, 1.165) is 10.2 Å². The zero-order chi connectivity index (χ0) is 19.0. The lowest BCUT2D eigenvalue weighted by Crippen LogP contribution is -2.15. The molecule has 4 aromatic rings. The molecule has 0 unspecified atom stereocenters. The second-order valence-electron chi connectivity index (χ2n) is 5.93. The molecule has 0 aliphatic carbocycles. The van der Waals surface area contributed by atoms with Crippen molar-refractivity contribution in [1.82, 2.24) is 14.8 Å². The van der Waals surface area contributed by atoms with E-state index in [2.05, 4.69) is 16.2 Å². The maximum Gasteiger partial charge on any atom is 0.278 e. The minimum absolute atomic E-state index is 0.247. The Bertz CT molecular complexity index is 1260.